The highest BCUT2D eigenvalue weighted by atomic mass is 35.5. The van der Waals surface area contributed by atoms with Gasteiger partial charge in [0.05, 0.1) is 27.7 Å². The molecule has 3 aromatic rings. The molecule has 8 nitrogen and oxygen atoms in total. The third-order valence-corrected chi connectivity index (χ3v) is 8.74. The average Bonchev–Trinajstić information content (AvgIpc) is 2.93. The molecule has 2 amide bonds. The molecule has 0 fully saturated rings. The second-order valence-corrected chi connectivity index (χ2v) is 11.5. The summed E-state index contributed by atoms with van der Waals surface area (Å²) in [5, 5.41) is 3.25. The predicted molar refractivity (Wildman–Crippen MR) is 154 cm³/mol. The molecule has 208 valence electrons. The molecule has 3 rings (SSSR count). The van der Waals surface area contributed by atoms with E-state index >= 15 is 0 Å². The lowest BCUT2D eigenvalue weighted by Gasteiger charge is -2.33. The highest BCUT2D eigenvalue weighted by molar-refractivity contribution is 7.92. The molecule has 1 N–H and O–H groups in total. The van der Waals surface area contributed by atoms with Crippen molar-refractivity contribution in [2.75, 3.05) is 25.0 Å². The van der Waals surface area contributed by atoms with Crippen molar-refractivity contribution in [3.8, 4) is 5.75 Å². The number of amides is 2. The van der Waals surface area contributed by atoms with Crippen LogP contribution in [0.5, 0.6) is 5.75 Å². The number of sulfonamides is 1. The third kappa shape index (κ3) is 7.23. The topological polar surface area (TPSA) is 96.0 Å². The van der Waals surface area contributed by atoms with Crippen LogP contribution in [0.1, 0.15) is 24.5 Å². The minimum absolute atomic E-state index is 0.0165. The van der Waals surface area contributed by atoms with E-state index in [4.69, 9.17) is 27.9 Å². The number of rotatable bonds is 11. The van der Waals surface area contributed by atoms with Crippen LogP contribution in [0.3, 0.4) is 0 Å². The van der Waals surface area contributed by atoms with Crippen molar-refractivity contribution in [2.24, 2.45) is 0 Å². The molecule has 0 aliphatic rings. The van der Waals surface area contributed by atoms with Crippen molar-refractivity contribution < 1.29 is 22.7 Å². The Labute approximate surface area is 239 Å². The Morgan fingerprint density at radius 2 is 1.62 bits per heavy atom. The Morgan fingerprint density at radius 1 is 0.974 bits per heavy atom. The number of carbonyl (C=O) groups excluding carboxylic acids is 2. The van der Waals surface area contributed by atoms with Crippen LogP contribution in [0, 0.1) is 6.92 Å². The number of carbonyl (C=O) groups is 2. The maximum Gasteiger partial charge on any atom is 0.264 e. The molecule has 0 aromatic heterocycles. The van der Waals surface area contributed by atoms with Crippen LogP contribution in [0.25, 0.3) is 0 Å². The first kappa shape index (κ1) is 30.3. The van der Waals surface area contributed by atoms with Gasteiger partial charge < -0.3 is 15.0 Å². The second kappa shape index (κ2) is 13.2. The molecule has 0 bridgehead atoms. The zero-order valence-electron chi connectivity index (χ0n) is 22.1. The fraction of sp³-hybridized carbons (Fsp3) is 0.286. The van der Waals surface area contributed by atoms with Gasteiger partial charge in [-0.1, -0.05) is 53.9 Å². The van der Waals surface area contributed by atoms with Crippen LogP contribution in [0.4, 0.5) is 5.69 Å². The Bertz CT molecular complexity index is 1410. The van der Waals surface area contributed by atoms with Gasteiger partial charge in [-0.3, -0.25) is 13.9 Å². The van der Waals surface area contributed by atoms with Gasteiger partial charge in [-0.05, 0) is 67.4 Å². The molecule has 3 aromatic carbocycles. The summed E-state index contributed by atoms with van der Waals surface area (Å²) in [6.07, 6.45) is 0.306. The molecule has 0 radical (unpaired) electrons. The molecule has 39 heavy (non-hydrogen) atoms. The van der Waals surface area contributed by atoms with E-state index in [9.17, 15) is 18.0 Å². The molecule has 1 atom stereocenters. The summed E-state index contributed by atoms with van der Waals surface area (Å²) >= 11 is 12.3. The van der Waals surface area contributed by atoms with Crippen molar-refractivity contribution in [3.05, 3.63) is 87.9 Å². The molecule has 0 heterocycles. The highest BCUT2D eigenvalue weighted by Gasteiger charge is 2.33. The highest BCUT2D eigenvalue weighted by Crippen LogP contribution is 2.28. The van der Waals surface area contributed by atoms with E-state index < -0.39 is 28.5 Å². The summed E-state index contributed by atoms with van der Waals surface area (Å²) in [7, 11) is -1.17. The number of anilines is 1. The Balaban J connectivity index is 2.07. The van der Waals surface area contributed by atoms with Gasteiger partial charge in [0.15, 0.2) is 0 Å². The van der Waals surface area contributed by atoms with E-state index in [1.807, 2.05) is 6.92 Å². The summed E-state index contributed by atoms with van der Waals surface area (Å²) < 4.78 is 33.9. The van der Waals surface area contributed by atoms with Crippen LogP contribution >= 0.6 is 23.2 Å². The van der Waals surface area contributed by atoms with Crippen LogP contribution in [-0.2, 0) is 26.2 Å². The van der Waals surface area contributed by atoms with Crippen molar-refractivity contribution in [1.82, 2.24) is 10.2 Å². The van der Waals surface area contributed by atoms with Crippen molar-refractivity contribution in [2.45, 2.75) is 37.8 Å². The third-order valence-electron chi connectivity index (χ3n) is 6.22. The van der Waals surface area contributed by atoms with E-state index in [-0.39, 0.29) is 23.0 Å². The number of halogens is 2. The van der Waals surface area contributed by atoms with E-state index in [2.05, 4.69) is 5.32 Å². The quantitative estimate of drug-likeness (QED) is 0.336. The first-order valence-corrected chi connectivity index (χ1v) is 14.4. The van der Waals surface area contributed by atoms with Gasteiger partial charge in [-0.15, -0.1) is 0 Å². The van der Waals surface area contributed by atoms with E-state index in [1.54, 1.807) is 61.5 Å². The molecular weight excluding hydrogens is 561 g/mol. The molecule has 0 saturated carbocycles. The summed E-state index contributed by atoms with van der Waals surface area (Å²) in [4.78, 5) is 28.1. The smallest absolute Gasteiger partial charge is 0.264 e. The average molecular weight is 593 g/mol. The number of likely N-dealkylation sites (N-methyl/N-ethyl adjacent to an activating group) is 1. The van der Waals surface area contributed by atoms with Gasteiger partial charge in [0.25, 0.3) is 10.0 Å². The van der Waals surface area contributed by atoms with Crippen LogP contribution in [-0.4, -0.2) is 51.9 Å². The molecular formula is C28H31Cl2N3O5S. The van der Waals surface area contributed by atoms with E-state index in [0.717, 1.165) is 9.87 Å². The number of ether oxygens (including phenoxy) is 1. The second-order valence-electron chi connectivity index (χ2n) is 8.83. The SMILES string of the molecule is CC[C@H](C(=O)NC)N(Cc1ccc(Cl)c(Cl)c1)C(=O)CN(c1ccc(OC)cc1)S(=O)(=O)c1ccc(C)cc1. The summed E-state index contributed by atoms with van der Waals surface area (Å²) in [6, 6.07) is 16.8. The first-order chi connectivity index (χ1) is 18.5. The standard InChI is InChI=1S/C28H31Cl2N3O5S/c1-5-26(28(35)31-3)32(17-20-8-15-24(29)25(30)16-20)27(34)18-33(21-9-11-22(38-4)12-10-21)39(36,37)23-13-6-19(2)7-14-23/h6-16,26H,5,17-18H2,1-4H3,(H,31,35)/t26-/m1/s1. The lowest BCUT2D eigenvalue weighted by atomic mass is 10.1. The molecule has 0 unspecified atom stereocenters. The number of hydrogen-bond acceptors (Lipinski definition) is 5. The fourth-order valence-corrected chi connectivity index (χ4v) is 5.77. The van der Waals surface area contributed by atoms with Crippen LogP contribution in [0.2, 0.25) is 10.0 Å². The minimum atomic E-state index is -4.16. The van der Waals surface area contributed by atoms with Gasteiger partial charge in [0, 0.05) is 13.6 Å². The summed E-state index contributed by atoms with van der Waals surface area (Å²) in [5.41, 5.74) is 1.80. The Morgan fingerprint density at radius 3 is 2.15 bits per heavy atom. The lowest BCUT2D eigenvalue weighted by molar-refractivity contribution is -0.140. The normalized spacial score (nSPS) is 11.9. The van der Waals surface area contributed by atoms with Crippen molar-refractivity contribution >= 4 is 50.7 Å². The number of nitrogens with zero attached hydrogens (tertiary/aromatic N) is 2. The van der Waals surface area contributed by atoms with Gasteiger partial charge in [0.1, 0.15) is 18.3 Å². The number of nitrogens with one attached hydrogen (secondary N) is 1. The van der Waals surface area contributed by atoms with E-state index in [1.165, 1.54) is 31.2 Å². The number of aryl methyl sites for hydroxylation is 1. The Hall–Kier alpha value is -3.27. The molecule has 0 saturated heterocycles. The van der Waals surface area contributed by atoms with Gasteiger partial charge >= 0.3 is 0 Å². The number of hydrogen-bond donors (Lipinski definition) is 1. The maximum absolute atomic E-state index is 13.9. The van der Waals surface area contributed by atoms with Gasteiger partial charge in [-0.2, -0.15) is 0 Å². The predicted octanol–water partition coefficient (Wildman–Crippen LogP) is 5.06. The summed E-state index contributed by atoms with van der Waals surface area (Å²) in [5.74, 6) is -0.406. The lowest BCUT2D eigenvalue weighted by Crippen LogP contribution is -2.51. The van der Waals surface area contributed by atoms with Crippen molar-refractivity contribution in [3.63, 3.8) is 0 Å². The maximum atomic E-state index is 13.9. The summed E-state index contributed by atoms with van der Waals surface area (Å²) in [6.45, 7) is 3.10. The Kier molecular flexibility index (Phi) is 10.2. The molecule has 0 aliphatic heterocycles. The first-order valence-electron chi connectivity index (χ1n) is 12.2. The van der Waals surface area contributed by atoms with Crippen molar-refractivity contribution in [1.29, 1.82) is 0 Å². The monoisotopic (exact) mass is 591 g/mol. The number of methoxy groups -OCH3 is 1. The zero-order chi connectivity index (χ0) is 28.7. The van der Waals surface area contributed by atoms with Crippen LogP contribution < -0.4 is 14.4 Å². The van der Waals surface area contributed by atoms with E-state index in [0.29, 0.717) is 27.8 Å². The fourth-order valence-electron chi connectivity index (χ4n) is 4.04. The zero-order valence-corrected chi connectivity index (χ0v) is 24.5. The van der Waals surface area contributed by atoms with Gasteiger partial charge in [-0.25, -0.2) is 8.42 Å². The largest absolute Gasteiger partial charge is 0.497 e. The van der Waals surface area contributed by atoms with Crippen LogP contribution in [0.15, 0.2) is 71.6 Å². The number of benzene rings is 3. The molecule has 0 aliphatic carbocycles. The van der Waals surface area contributed by atoms with Gasteiger partial charge in [0.2, 0.25) is 11.8 Å². The molecule has 11 heteroatoms. The minimum Gasteiger partial charge on any atom is -0.497 e. The molecule has 0 spiro atoms.